The van der Waals surface area contributed by atoms with Crippen LogP contribution >= 0.6 is 0 Å². The molecule has 1 aliphatic heterocycles. The van der Waals surface area contributed by atoms with Crippen molar-refractivity contribution in [2.75, 3.05) is 26.8 Å². The van der Waals surface area contributed by atoms with E-state index >= 15 is 0 Å². The molecule has 0 aromatic heterocycles. The zero-order valence-electron chi connectivity index (χ0n) is 21.8. The Hall–Kier alpha value is -2.62. The zero-order chi connectivity index (χ0) is 26.5. The molecule has 1 fully saturated rings. The number of ether oxygens (including phenoxy) is 2. The monoisotopic (exact) mass is 516 g/mol. The van der Waals surface area contributed by atoms with Crippen LogP contribution in [0.5, 0.6) is 11.5 Å². The Kier molecular flexibility index (Phi) is 9.10. The van der Waals surface area contributed by atoms with E-state index in [0.29, 0.717) is 34.7 Å². The summed E-state index contributed by atoms with van der Waals surface area (Å²) in [5.74, 6) is -0.182. The molecule has 4 N–H and O–H groups in total. The van der Waals surface area contributed by atoms with Gasteiger partial charge in [-0.3, -0.25) is 9.59 Å². The number of nitrogens with zero attached hydrogens (tertiary/aromatic N) is 1. The minimum Gasteiger partial charge on any atom is -0.493 e. The van der Waals surface area contributed by atoms with Gasteiger partial charge < -0.3 is 35.0 Å². The quantitative estimate of drug-likeness (QED) is 0.313. The molecule has 2 amide bonds. The smallest absolute Gasteiger partial charge is 0.247 e. The van der Waals surface area contributed by atoms with Gasteiger partial charge in [-0.2, -0.15) is 0 Å². The Morgan fingerprint density at radius 3 is 2.59 bits per heavy atom. The predicted molar refractivity (Wildman–Crippen MR) is 137 cm³/mol. The van der Waals surface area contributed by atoms with Gasteiger partial charge in [0.2, 0.25) is 11.8 Å². The van der Waals surface area contributed by atoms with Crippen molar-refractivity contribution in [2.24, 2.45) is 5.92 Å². The van der Waals surface area contributed by atoms with E-state index in [0.717, 1.165) is 44.9 Å². The molecule has 0 bridgehead atoms. The maximum Gasteiger partial charge on any atom is 0.247 e. The molecule has 0 saturated heterocycles. The molecule has 2 aliphatic carbocycles. The number of unbranched alkanes of at least 4 members (excludes halogenated alkanes) is 3. The van der Waals surface area contributed by atoms with Crippen molar-refractivity contribution in [3.63, 3.8) is 0 Å². The molecule has 4 rings (SSSR count). The highest BCUT2D eigenvalue weighted by Gasteiger charge is 2.51. The summed E-state index contributed by atoms with van der Waals surface area (Å²) in [6.45, 7) is 2.29. The van der Waals surface area contributed by atoms with Crippen LogP contribution in [0, 0.1) is 5.92 Å². The molecule has 0 spiro atoms. The van der Waals surface area contributed by atoms with Crippen LogP contribution in [0.25, 0.3) is 0 Å². The first kappa shape index (κ1) is 27.4. The summed E-state index contributed by atoms with van der Waals surface area (Å²) in [7, 11) is 1.50. The molecular weight excluding hydrogens is 476 g/mol. The van der Waals surface area contributed by atoms with E-state index in [1.54, 1.807) is 23.1 Å². The Bertz CT molecular complexity index is 1010. The summed E-state index contributed by atoms with van der Waals surface area (Å²) < 4.78 is 11.8. The van der Waals surface area contributed by atoms with Gasteiger partial charge in [0.15, 0.2) is 11.5 Å². The van der Waals surface area contributed by atoms with Crippen LogP contribution in [0.15, 0.2) is 23.8 Å². The van der Waals surface area contributed by atoms with Crippen molar-refractivity contribution in [1.29, 1.82) is 0 Å². The second-order valence-corrected chi connectivity index (χ2v) is 10.2. The molecular formula is C28H40N2O7. The number of methoxy groups -OCH3 is 1. The summed E-state index contributed by atoms with van der Waals surface area (Å²) in [4.78, 5) is 28.6. The van der Waals surface area contributed by atoms with Gasteiger partial charge in [0.05, 0.1) is 32.3 Å². The molecule has 9 nitrogen and oxygen atoms in total. The number of benzene rings is 1. The summed E-state index contributed by atoms with van der Waals surface area (Å²) >= 11 is 0. The number of fused-ring (bicyclic) bond motifs is 3. The average Bonchev–Trinajstić information content (AvgIpc) is 3.26. The maximum atomic E-state index is 13.5. The zero-order valence-corrected chi connectivity index (χ0v) is 21.8. The maximum absolute atomic E-state index is 13.5. The molecule has 1 heterocycles. The molecule has 9 heteroatoms. The second-order valence-electron chi connectivity index (χ2n) is 10.2. The van der Waals surface area contributed by atoms with Crippen molar-refractivity contribution in [1.82, 2.24) is 10.2 Å². The lowest BCUT2D eigenvalue weighted by atomic mass is 9.76. The standard InChI is InChI=1S/C28H40N2O7/c1-3-4-5-6-11-30(28(35)18-8-7-9-18)21-15-20(27(34)29-10-12-31)23-19-13-17(16-32)14-22(36-2)25(19)37-26(23)24(21)33/h13-15,18,21,23-24,26,31-33H,3-12,16H2,1-2H3,(H,29,34)/t21-,23+,24+,26+/m1/s1. The Labute approximate surface area is 218 Å². The molecule has 1 saturated carbocycles. The summed E-state index contributed by atoms with van der Waals surface area (Å²) in [5, 5.41) is 33.5. The van der Waals surface area contributed by atoms with Gasteiger partial charge in [0.1, 0.15) is 12.2 Å². The lowest BCUT2D eigenvalue weighted by molar-refractivity contribution is -0.144. The van der Waals surface area contributed by atoms with E-state index in [-0.39, 0.29) is 37.5 Å². The highest BCUT2D eigenvalue weighted by Crippen LogP contribution is 2.51. The number of carbonyl (C=O) groups is 2. The SMILES string of the molecule is CCCCCCN(C(=O)C1CCC1)[C@@H]1C=C(C(=O)NCCO)[C@@H]2c3cc(CO)cc(OC)c3O[C@@H]2[C@H]1O. The Balaban J connectivity index is 1.74. The van der Waals surface area contributed by atoms with Gasteiger partial charge >= 0.3 is 0 Å². The predicted octanol–water partition coefficient (Wildman–Crippen LogP) is 2.02. The summed E-state index contributed by atoms with van der Waals surface area (Å²) in [6.07, 6.45) is 6.49. The van der Waals surface area contributed by atoms with Gasteiger partial charge in [0.25, 0.3) is 0 Å². The van der Waals surface area contributed by atoms with Gasteiger partial charge in [0, 0.05) is 30.1 Å². The second kappa shape index (κ2) is 12.3. The van der Waals surface area contributed by atoms with Crippen LogP contribution < -0.4 is 14.8 Å². The van der Waals surface area contributed by atoms with Crippen LogP contribution in [-0.4, -0.2) is 77.1 Å². The number of hydrogen-bond acceptors (Lipinski definition) is 7. The van der Waals surface area contributed by atoms with Gasteiger partial charge in [-0.15, -0.1) is 0 Å². The van der Waals surface area contributed by atoms with E-state index in [1.807, 2.05) is 0 Å². The number of rotatable bonds is 12. The third-order valence-corrected chi connectivity index (χ3v) is 7.84. The van der Waals surface area contributed by atoms with E-state index < -0.39 is 24.2 Å². The number of amides is 2. The third kappa shape index (κ3) is 5.49. The Morgan fingerprint density at radius 2 is 1.97 bits per heavy atom. The van der Waals surface area contributed by atoms with Gasteiger partial charge in [-0.25, -0.2) is 0 Å². The van der Waals surface area contributed by atoms with Crippen LogP contribution in [0.4, 0.5) is 0 Å². The van der Waals surface area contributed by atoms with Crippen molar-refractivity contribution in [2.45, 2.75) is 82.6 Å². The molecule has 4 atom stereocenters. The van der Waals surface area contributed by atoms with Crippen LogP contribution in [-0.2, 0) is 16.2 Å². The van der Waals surface area contributed by atoms with E-state index in [1.165, 1.54) is 7.11 Å². The first-order valence-electron chi connectivity index (χ1n) is 13.5. The first-order valence-corrected chi connectivity index (χ1v) is 13.5. The van der Waals surface area contributed by atoms with Gasteiger partial charge in [-0.05, 0) is 43.0 Å². The van der Waals surface area contributed by atoms with Crippen LogP contribution in [0.2, 0.25) is 0 Å². The highest BCUT2D eigenvalue weighted by molar-refractivity contribution is 5.96. The molecule has 204 valence electrons. The van der Waals surface area contributed by atoms with Gasteiger partial charge in [-0.1, -0.05) is 32.6 Å². The number of nitrogens with one attached hydrogen (secondary N) is 1. The summed E-state index contributed by atoms with van der Waals surface area (Å²) in [5.41, 5.74) is 1.63. The summed E-state index contributed by atoms with van der Waals surface area (Å²) in [6, 6.07) is 2.73. The lowest BCUT2D eigenvalue weighted by Gasteiger charge is -2.43. The minimum absolute atomic E-state index is 0.0206. The van der Waals surface area contributed by atoms with E-state index in [2.05, 4.69) is 12.2 Å². The number of aliphatic hydroxyl groups is 3. The Morgan fingerprint density at radius 1 is 1.19 bits per heavy atom. The average molecular weight is 517 g/mol. The molecule has 37 heavy (non-hydrogen) atoms. The van der Waals surface area contributed by atoms with Crippen LogP contribution in [0.1, 0.15) is 68.9 Å². The largest absolute Gasteiger partial charge is 0.493 e. The number of aliphatic hydroxyl groups excluding tert-OH is 3. The van der Waals surface area contributed by atoms with Crippen molar-refractivity contribution in [3.8, 4) is 11.5 Å². The highest BCUT2D eigenvalue weighted by atomic mass is 16.5. The van der Waals surface area contributed by atoms with E-state index in [4.69, 9.17) is 9.47 Å². The molecule has 1 aromatic carbocycles. The fraction of sp³-hybridized carbons (Fsp3) is 0.643. The molecule has 0 radical (unpaired) electrons. The number of carbonyl (C=O) groups excluding carboxylic acids is 2. The molecule has 3 aliphatic rings. The van der Waals surface area contributed by atoms with Crippen molar-refractivity contribution >= 4 is 11.8 Å². The molecule has 1 aromatic rings. The fourth-order valence-corrected chi connectivity index (χ4v) is 5.62. The molecule has 0 unspecified atom stereocenters. The first-order chi connectivity index (χ1) is 17.9. The van der Waals surface area contributed by atoms with Crippen LogP contribution in [0.3, 0.4) is 0 Å². The fourth-order valence-electron chi connectivity index (χ4n) is 5.62. The van der Waals surface area contributed by atoms with E-state index in [9.17, 15) is 24.9 Å². The topological polar surface area (TPSA) is 129 Å². The van der Waals surface area contributed by atoms with Crippen molar-refractivity contribution < 1.29 is 34.4 Å². The lowest BCUT2D eigenvalue weighted by Crippen LogP contribution is -2.57. The van der Waals surface area contributed by atoms with Crippen molar-refractivity contribution in [3.05, 3.63) is 34.9 Å². The normalized spacial score (nSPS) is 24.3. The minimum atomic E-state index is -1.07. The number of hydrogen-bond donors (Lipinski definition) is 4. The third-order valence-electron chi connectivity index (χ3n) is 7.84.